The van der Waals surface area contributed by atoms with Crippen LogP contribution in [0.4, 0.5) is 11.5 Å². The summed E-state index contributed by atoms with van der Waals surface area (Å²) in [5, 5.41) is 15.2. The van der Waals surface area contributed by atoms with E-state index in [-0.39, 0.29) is 11.5 Å². The van der Waals surface area contributed by atoms with Gasteiger partial charge >= 0.3 is 5.69 Å². The number of benzene rings is 1. The van der Waals surface area contributed by atoms with Crippen molar-refractivity contribution >= 4 is 29.3 Å². The van der Waals surface area contributed by atoms with Crippen LogP contribution in [0.25, 0.3) is 0 Å². The highest BCUT2D eigenvalue weighted by molar-refractivity contribution is 6.30. The zero-order valence-corrected chi connectivity index (χ0v) is 10.4. The van der Waals surface area contributed by atoms with Gasteiger partial charge in [0.15, 0.2) is 0 Å². The third-order valence-electron chi connectivity index (χ3n) is 2.22. The highest BCUT2D eigenvalue weighted by Gasteiger charge is 2.12. The molecule has 0 fully saturated rings. The Bertz CT molecular complexity index is 631. The van der Waals surface area contributed by atoms with E-state index in [2.05, 4.69) is 15.5 Å². The van der Waals surface area contributed by atoms with Crippen LogP contribution in [0.1, 0.15) is 5.56 Å². The van der Waals surface area contributed by atoms with Crippen molar-refractivity contribution in [1.82, 2.24) is 4.98 Å². The number of pyridine rings is 1. The predicted octanol–water partition coefficient (Wildman–Crippen LogP) is 3.09. The summed E-state index contributed by atoms with van der Waals surface area (Å²) in [6, 6.07) is 9.90. The van der Waals surface area contributed by atoms with E-state index in [1.54, 1.807) is 18.2 Å². The average Bonchev–Trinajstić information content (AvgIpc) is 2.39. The lowest BCUT2D eigenvalue weighted by Gasteiger charge is -2.00. The minimum Gasteiger partial charge on any atom is -0.258 e. The molecule has 0 spiro atoms. The Morgan fingerprint density at radius 2 is 2.21 bits per heavy atom. The molecular formula is C12H9ClN4O2. The largest absolute Gasteiger partial charge is 0.313 e. The van der Waals surface area contributed by atoms with Crippen molar-refractivity contribution in [3.05, 3.63) is 63.3 Å². The summed E-state index contributed by atoms with van der Waals surface area (Å²) in [5.41, 5.74) is 3.18. The first-order chi connectivity index (χ1) is 9.16. The third kappa shape index (κ3) is 3.49. The molecule has 96 valence electrons. The molecule has 6 nitrogen and oxygen atoms in total. The Labute approximate surface area is 113 Å². The van der Waals surface area contributed by atoms with Gasteiger partial charge in [-0.15, -0.1) is 0 Å². The molecule has 0 saturated carbocycles. The standard InChI is InChI=1S/C12H9ClN4O2/c13-10-4-1-3-9(7-10)8-15-16-12-11(17(18)19)5-2-6-14-12/h1-8H,(H,14,16)/b15-8-. The van der Waals surface area contributed by atoms with Crippen LogP contribution in [-0.4, -0.2) is 16.1 Å². The molecule has 1 aromatic carbocycles. The molecule has 0 unspecified atom stereocenters. The second kappa shape index (κ2) is 5.92. The van der Waals surface area contributed by atoms with Crippen LogP contribution < -0.4 is 5.43 Å². The number of nitrogens with zero attached hydrogens (tertiary/aromatic N) is 3. The van der Waals surface area contributed by atoms with Crippen LogP contribution in [0.5, 0.6) is 0 Å². The quantitative estimate of drug-likeness (QED) is 0.528. The lowest BCUT2D eigenvalue weighted by Crippen LogP contribution is -1.98. The Balaban J connectivity index is 2.13. The van der Waals surface area contributed by atoms with E-state index in [0.717, 1.165) is 5.56 Å². The van der Waals surface area contributed by atoms with Crippen molar-refractivity contribution in [2.45, 2.75) is 0 Å². The number of rotatable bonds is 4. The van der Waals surface area contributed by atoms with Crippen LogP contribution in [-0.2, 0) is 0 Å². The summed E-state index contributed by atoms with van der Waals surface area (Å²) in [5.74, 6) is 0.0887. The Kier molecular flexibility index (Phi) is 4.04. The highest BCUT2D eigenvalue weighted by Crippen LogP contribution is 2.20. The van der Waals surface area contributed by atoms with Gasteiger partial charge in [0.2, 0.25) is 5.82 Å². The fourth-order valence-electron chi connectivity index (χ4n) is 1.39. The second-order valence-corrected chi connectivity index (χ2v) is 3.99. The van der Waals surface area contributed by atoms with Crippen molar-refractivity contribution in [2.75, 3.05) is 5.43 Å². The third-order valence-corrected chi connectivity index (χ3v) is 2.45. The fourth-order valence-corrected chi connectivity index (χ4v) is 1.58. The molecule has 1 heterocycles. The molecule has 0 amide bonds. The zero-order valence-electron chi connectivity index (χ0n) is 9.65. The van der Waals surface area contributed by atoms with E-state index in [4.69, 9.17) is 11.6 Å². The van der Waals surface area contributed by atoms with E-state index in [0.29, 0.717) is 5.02 Å². The highest BCUT2D eigenvalue weighted by atomic mass is 35.5. The molecule has 19 heavy (non-hydrogen) atoms. The maximum Gasteiger partial charge on any atom is 0.313 e. The first kappa shape index (κ1) is 13.0. The van der Waals surface area contributed by atoms with Gasteiger partial charge in [-0.05, 0) is 23.8 Å². The van der Waals surface area contributed by atoms with Crippen LogP contribution in [0.3, 0.4) is 0 Å². The van der Waals surface area contributed by atoms with Crippen LogP contribution in [0.2, 0.25) is 5.02 Å². The molecular weight excluding hydrogens is 268 g/mol. The van der Waals surface area contributed by atoms with Gasteiger partial charge in [-0.1, -0.05) is 23.7 Å². The van der Waals surface area contributed by atoms with Gasteiger partial charge in [0.1, 0.15) is 0 Å². The van der Waals surface area contributed by atoms with E-state index >= 15 is 0 Å². The van der Waals surface area contributed by atoms with Crippen LogP contribution in [0.15, 0.2) is 47.7 Å². The number of hydrazone groups is 1. The van der Waals surface area contributed by atoms with Gasteiger partial charge in [-0.3, -0.25) is 15.5 Å². The monoisotopic (exact) mass is 276 g/mol. The number of aromatic nitrogens is 1. The van der Waals surface area contributed by atoms with E-state index in [1.165, 1.54) is 24.5 Å². The van der Waals surface area contributed by atoms with Crippen molar-refractivity contribution < 1.29 is 4.92 Å². The minimum absolute atomic E-state index is 0.0887. The smallest absolute Gasteiger partial charge is 0.258 e. The van der Waals surface area contributed by atoms with Crippen molar-refractivity contribution in [3.63, 3.8) is 0 Å². The molecule has 2 rings (SSSR count). The molecule has 1 aromatic heterocycles. The summed E-state index contributed by atoms with van der Waals surface area (Å²) in [6.45, 7) is 0. The van der Waals surface area contributed by atoms with Crippen LogP contribution in [0, 0.1) is 10.1 Å². The molecule has 0 atom stereocenters. The summed E-state index contributed by atoms with van der Waals surface area (Å²) in [7, 11) is 0. The van der Waals surface area contributed by atoms with E-state index in [1.807, 2.05) is 6.07 Å². The zero-order chi connectivity index (χ0) is 13.7. The van der Waals surface area contributed by atoms with E-state index in [9.17, 15) is 10.1 Å². The SMILES string of the molecule is O=[N+]([O-])c1cccnc1N/N=C\c1cccc(Cl)c1. The summed E-state index contributed by atoms with van der Waals surface area (Å²) < 4.78 is 0. The number of halogens is 1. The number of anilines is 1. The average molecular weight is 277 g/mol. The lowest BCUT2D eigenvalue weighted by molar-refractivity contribution is -0.384. The summed E-state index contributed by atoms with van der Waals surface area (Å²) in [6.07, 6.45) is 2.95. The van der Waals surface area contributed by atoms with Gasteiger partial charge in [0, 0.05) is 17.3 Å². The maximum atomic E-state index is 10.8. The van der Waals surface area contributed by atoms with Gasteiger partial charge in [0.25, 0.3) is 0 Å². The molecule has 0 bridgehead atoms. The summed E-state index contributed by atoms with van der Waals surface area (Å²) in [4.78, 5) is 14.1. The van der Waals surface area contributed by atoms with Crippen molar-refractivity contribution in [1.29, 1.82) is 0 Å². The topological polar surface area (TPSA) is 80.4 Å². The Morgan fingerprint density at radius 3 is 2.95 bits per heavy atom. The van der Waals surface area contributed by atoms with Gasteiger partial charge < -0.3 is 0 Å². The second-order valence-electron chi connectivity index (χ2n) is 3.55. The summed E-state index contributed by atoms with van der Waals surface area (Å²) >= 11 is 5.82. The van der Waals surface area contributed by atoms with Crippen LogP contribution >= 0.6 is 11.6 Å². The lowest BCUT2D eigenvalue weighted by atomic mass is 10.2. The predicted molar refractivity (Wildman–Crippen MR) is 73.6 cm³/mol. The first-order valence-electron chi connectivity index (χ1n) is 5.31. The molecule has 1 N–H and O–H groups in total. The van der Waals surface area contributed by atoms with Gasteiger partial charge in [-0.25, -0.2) is 4.98 Å². The fraction of sp³-hybridized carbons (Fsp3) is 0. The molecule has 0 saturated heterocycles. The number of nitro groups is 1. The Morgan fingerprint density at radius 1 is 1.37 bits per heavy atom. The molecule has 2 aromatic rings. The molecule has 0 aliphatic rings. The molecule has 0 aliphatic carbocycles. The van der Waals surface area contributed by atoms with Gasteiger partial charge in [0.05, 0.1) is 11.1 Å². The van der Waals surface area contributed by atoms with Crippen molar-refractivity contribution in [3.8, 4) is 0 Å². The maximum absolute atomic E-state index is 10.8. The minimum atomic E-state index is -0.524. The first-order valence-corrected chi connectivity index (χ1v) is 5.68. The number of nitrogens with one attached hydrogen (secondary N) is 1. The molecule has 7 heteroatoms. The number of hydrogen-bond donors (Lipinski definition) is 1. The van der Waals surface area contributed by atoms with Crippen molar-refractivity contribution in [2.24, 2.45) is 5.10 Å². The van der Waals surface area contributed by atoms with Gasteiger partial charge in [-0.2, -0.15) is 5.10 Å². The van der Waals surface area contributed by atoms with E-state index < -0.39 is 4.92 Å². The normalized spacial score (nSPS) is 10.6. The Hall–Kier alpha value is -2.47. The number of hydrogen-bond acceptors (Lipinski definition) is 5. The molecule has 0 aliphatic heterocycles. The molecule has 0 radical (unpaired) electrons.